The first-order valence-electron chi connectivity index (χ1n) is 8.57. The van der Waals surface area contributed by atoms with Crippen LogP contribution in [0.2, 0.25) is 0 Å². The van der Waals surface area contributed by atoms with Gasteiger partial charge in [-0.1, -0.05) is 30.3 Å². The van der Waals surface area contributed by atoms with Crippen molar-refractivity contribution in [3.63, 3.8) is 0 Å². The lowest BCUT2D eigenvalue weighted by molar-refractivity contribution is -0.0528. The lowest BCUT2D eigenvalue weighted by Gasteiger charge is -2.35. The van der Waals surface area contributed by atoms with Crippen LogP contribution in [-0.2, 0) is 28.9 Å². The van der Waals surface area contributed by atoms with Crippen LogP contribution in [0, 0.1) is 0 Å². The zero-order chi connectivity index (χ0) is 17.9. The molecule has 0 saturated carbocycles. The lowest BCUT2D eigenvalue weighted by Crippen LogP contribution is -2.36. The maximum absolute atomic E-state index is 12.0. The molecule has 0 radical (unpaired) electrons. The maximum atomic E-state index is 12.0. The monoisotopic (exact) mass is 341 g/mol. The van der Waals surface area contributed by atoms with Crippen molar-refractivity contribution in [2.75, 3.05) is 6.61 Å². The van der Waals surface area contributed by atoms with E-state index in [-0.39, 0.29) is 17.9 Å². The number of benzene rings is 1. The molecule has 3 rings (SSSR count). The fourth-order valence-corrected chi connectivity index (χ4v) is 3.14. The molecule has 1 aromatic heterocycles. The predicted octanol–water partition coefficient (Wildman–Crippen LogP) is 3.43. The largest absolute Gasteiger partial charge is 0.507 e. The van der Waals surface area contributed by atoms with Crippen LogP contribution < -0.4 is 0 Å². The van der Waals surface area contributed by atoms with Crippen molar-refractivity contribution in [2.45, 2.75) is 45.3 Å². The van der Waals surface area contributed by atoms with Crippen molar-refractivity contribution in [3.8, 4) is 5.75 Å². The Morgan fingerprint density at radius 2 is 2.08 bits per heavy atom. The standard InChI is InChI=1S/C20H23NO4/c1-3-24-19(23)16-12-21-17-9-10-20(2,11-15(17)18(16)22)25-13-14-7-5-4-6-8-14/h4-8,12H,3,9-11,13H2,1-2H3,(H,21,22). The van der Waals surface area contributed by atoms with Gasteiger partial charge in [-0.3, -0.25) is 4.98 Å². The van der Waals surface area contributed by atoms with Gasteiger partial charge in [0.05, 0.1) is 18.8 Å². The SMILES string of the molecule is CCOC(=O)c1cnc2c(c1O)CC(C)(OCc1ccccc1)CC2. The third-order valence-electron chi connectivity index (χ3n) is 4.61. The Morgan fingerprint density at radius 3 is 2.80 bits per heavy atom. The molecule has 1 unspecified atom stereocenters. The van der Waals surface area contributed by atoms with Gasteiger partial charge in [-0.2, -0.15) is 0 Å². The average Bonchev–Trinajstić information content (AvgIpc) is 2.62. The first-order valence-corrected chi connectivity index (χ1v) is 8.57. The number of fused-ring (bicyclic) bond motifs is 1. The molecule has 0 saturated heterocycles. The molecule has 1 heterocycles. The first kappa shape index (κ1) is 17.4. The van der Waals surface area contributed by atoms with E-state index < -0.39 is 11.6 Å². The maximum Gasteiger partial charge on any atom is 0.343 e. The quantitative estimate of drug-likeness (QED) is 0.844. The van der Waals surface area contributed by atoms with E-state index in [1.54, 1.807) is 6.92 Å². The van der Waals surface area contributed by atoms with Crippen LogP contribution in [-0.4, -0.2) is 28.3 Å². The normalized spacial score (nSPS) is 19.3. The molecule has 2 aromatic rings. The molecule has 0 fully saturated rings. The number of rotatable bonds is 5. The van der Waals surface area contributed by atoms with E-state index >= 15 is 0 Å². The summed E-state index contributed by atoms with van der Waals surface area (Å²) >= 11 is 0. The molecule has 132 valence electrons. The molecule has 0 aliphatic heterocycles. The van der Waals surface area contributed by atoms with Crippen LogP contribution in [0.15, 0.2) is 36.5 Å². The number of hydrogen-bond acceptors (Lipinski definition) is 5. The molecule has 1 atom stereocenters. The van der Waals surface area contributed by atoms with Crippen LogP contribution in [0.5, 0.6) is 5.75 Å². The van der Waals surface area contributed by atoms with Gasteiger partial charge in [-0.15, -0.1) is 0 Å². The fraction of sp³-hybridized carbons (Fsp3) is 0.400. The van der Waals surface area contributed by atoms with E-state index in [2.05, 4.69) is 4.98 Å². The van der Waals surface area contributed by atoms with Crippen molar-refractivity contribution >= 4 is 5.97 Å². The Labute approximate surface area is 147 Å². The number of hydrogen-bond donors (Lipinski definition) is 1. The number of aromatic hydroxyl groups is 1. The van der Waals surface area contributed by atoms with E-state index in [0.29, 0.717) is 25.0 Å². The summed E-state index contributed by atoms with van der Waals surface area (Å²) < 4.78 is 11.1. The van der Waals surface area contributed by atoms with Gasteiger partial charge < -0.3 is 14.6 Å². The van der Waals surface area contributed by atoms with Gasteiger partial charge >= 0.3 is 5.97 Å². The number of aromatic nitrogens is 1. The fourth-order valence-electron chi connectivity index (χ4n) is 3.14. The highest BCUT2D eigenvalue weighted by atomic mass is 16.5. The van der Waals surface area contributed by atoms with E-state index in [4.69, 9.17) is 9.47 Å². The van der Waals surface area contributed by atoms with Gasteiger partial charge in [0, 0.05) is 23.9 Å². The molecular weight excluding hydrogens is 318 g/mol. The van der Waals surface area contributed by atoms with E-state index in [1.165, 1.54) is 6.20 Å². The Morgan fingerprint density at radius 1 is 1.32 bits per heavy atom. The molecule has 0 amide bonds. The summed E-state index contributed by atoms with van der Waals surface area (Å²) in [6, 6.07) is 10.00. The number of esters is 1. The third-order valence-corrected chi connectivity index (χ3v) is 4.61. The number of aryl methyl sites for hydroxylation is 1. The molecule has 0 bridgehead atoms. The van der Waals surface area contributed by atoms with Crippen LogP contribution in [0.1, 0.15) is 47.4 Å². The number of pyridine rings is 1. The number of ether oxygens (including phenoxy) is 2. The van der Waals surface area contributed by atoms with Crippen molar-refractivity contribution in [1.82, 2.24) is 4.98 Å². The van der Waals surface area contributed by atoms with E-state index in [9.17, 15) is 9.90 Å². The molecule has 1 aliphatic rings. The highest BCUT2D eigenvalue weighted by molar-refractivity contribution is 5.92. The lowest BCUT2D eigenvalue weighted by atomic mass is 9.83. The van der Waals surface area contributed by atoms with Gasteiger partial charge in [0.1, 0.15) is 11.3 Å². The van der Waals surface area contributed by atoms with Gasteiger partial charge in [0.15, 0.2) is 0 Å². The van der Waals surface area contributed by atoms with Crippen molar-refractivity contribution in [1.29, 1.82) is 0 Å². The number of nitrogens with zero attached hydrogens (tertiary/aromatic N) is 1. The molecular formula is C20H23NO4. The zero-order valence-corrected chi connectivity index (χ0v) is 14.6. The topological polar surface area (TPSA) is 68.7 Å². The Kier molecular flexibility index (Phi) is 5.04. The highest BCUT2D eigenvalue weighted by Gasteiger charge is 2.34. The van der Waals surface area contributed by atoms with Gasteiger partial charge in [-0.05, 0) is 32.3 Å². The molecule has 25 heavy (non-hydrogen) atoms. The minimum atomic E-state index is -0.548. The van der Waals surface area contributed by atoms with Gasteiger partial charge in [0.2, 0.25) is 0 Å². The molecule has 5 nitrogen and oxygen atoms in total. The summed E-state index contributed by atoms with van der Waals surface area (Å²) in [5.74, 6) is -0.578. The average molecular weight is 341 g/mol. The minimum absolute atomic E-state index is 0.0299. The third kappa shape index (κ3) is 3.82. The first-order chi connectivity index (χ1) is 12.0. The number of carbonyl (C=O) groups excluding carboxylic acids is 1. The molecule has 1 aromatic carbocycles. The van der Waals surface area contributed by atoms with Crippen molar-refractivity contribution < 1.29 is 19.4 Å². The Hall–Kier alpha value is -2.40. The van der Waals surface area contributed by atoms with Crippen molar-refractivity contribution in [2.24, 2.45) is 0 Å². The van der Waals surface area contributed by atoms with Gasteiger partial charge in [-0.25, -0.2) is 4.79 Å². The van der Waals surface area contributed by atoms with Gasteiger partial charge in [0.25, 0.3) is 0 Å². The summed E-state index contributed by atoms with van der Waals surface area (Å²) in [6.45, 7) is 4.54. The smallest absolute Gasteiger partial charge is 0.343 e. The Balaban J connectivity index is 1.79. The Bertz CT molecular complexity index is 760. The summed E-state index contributed by atoms with van der Waals surface area (Å²) in [6.07, 6.45) is 3.44. The second kappa shape index (κ2) is 7.23. The second-order valence-electron chi connectivity index (χ2n) is 6.57. The summed E-state index contributed by atoms with van der Waals surface area (Å²) in [7, 11) is 0. The molecule has 5 heteroatoms. The second-order valence-corrected chi connectivity index (χ2v) is 6.57. The van der Waals surface area contributed by atoms with Crippen molar-refractivity contribution in [3.05, 3.63) is 58.9 Å². The van der Waals surface area contributed by atoms with Crippen LogP contribution in [0.3, 0.4) is 0 Å². The molecule has 0 spiro atoms. The highest BCUT2D eigenvalue weighted by Crippen LogP contribution is 2.37. The zero-order valence-electron chi connectivity index (χ0n) is 14.6. The molecule has 1 N–H and O–H groups in total. The van der Waals surface area contributed by atoms with E-state index in [0.717, 1.165) is 17.7 Å². The van der Waals surface area contributed by atoms with Crippen LogP contribution in [0.4, 0.5) is 0 Å². The molecule has 1 aliphatic carbocycles. The minimum Gasteiger partial charge on any atom is -0.507 e. The number of carbonyl (C=O) groups is 1. The summed E-state index contributed by atoms with van der Waals surface area (Å²) in [5, 5.41) is 10.6. The van der Waals surface area contributed by atoms with Crippen LogP contribution in [0.25, 0.3) is 0 Å². The summed E-state index contributed by atoms with van der Waals surface area (Å²) in [5.41, 5.74) is 2.33. The predicted molar refractivity (Wildman–Crippen MR) is 93.5 cm³/mol. The van der Waals surface area contributed by atoms with E-state index in [1.807, 2.05) is 37.3 Å². The summed E-state index contributed by atoms with van der Waals surface area (Å²) in [4.78, 5) is 16.3. The van der Waals surface area contributed by atoms with Crippen LogP contribution >= 0.6 is 0 Å².